The number of thioether (sulfide) groups is 1. The first-order valence-electron chi connectivity index (χ1n) is 7.73. The van der Waals surface area contributed by atoms with Gasteiger partial charge in [-0.15, -0.1) is 15.3 Å². The van der Waals surface area contributed by atoms with E-state index in [0.717, 1.165) is 36.5 Å². The van der Waals surface area contributed by atoms with Gasteiger partial charge in [-0.1, -0.05) is 50.3 Å². The van der Waals surface area contributed by atoms with Gasteiger partial charge in [-0.05, 0) is 12.3 Å². The molecule has 7 nitrogen and oxygen atoms in total. The minimum absolute atomic E-state index is 0.123. The van der Waals surface area contributed by atoms with Gasteiger partial charge in [-0.25, -0.2) is 4.98 Å². The summed E-state index contributed by atoms with van der Waals surface area (Å²) in [6.45, 7) is 6.39. The third kappa shape index (κ3) is 6.26. The smallest absolute Gasteiger partial charge is 0.236 e. The van der Waals surface area contributed by atoms with Gasteiger partial charge in [-0.3, -0.25) is 15.2 Å². The molecule has 0 saturated heterocycles. The molecule has 0 aliphatic carbocycles. The fraction of sp³-hybridized carbons (Fsp3) is 0.643. The van der Waals surface area contributed by atoms with E-state index >= 15 is 0 Å². The van der Waals surface area contributed by atoms with Crippen molar-refractivity contribution in [1.82, 2.24) is 25.4 Å². The Hall–Kier alpha value is -1.48. The van der Waals surface area contributed by atoms with E-state index in [1.807, 2.05) is 0 Å². The SMILES string of the molecule is CCCCc1nc(SCC(=O)Nc2nnc(CC(C)C)s2)n[nH]1. The fourth-order valence-electron chi connectivity index (χ4n) is 1.82. The van der Waals surface area contributed by atoms with Crippen molar-refractivity contribution in [2.75, 3.05) is 11.1 Å². The molecule has 0 bridgehead atoms. The number of nitrogens with one attached hydrogen (secondary N) is 2. The van der Waals surface area contributed by atoms with E-state index in [0.29, 0.717) is 16.2 Å². The van der Waals surface area contributed by atoms with Crippen molar-refractivity contribution < 1.29 is 4.79 Å². The molecule has 1 amide bonds. The van der Waals surface area contributed by atoms with E-state index in [4.69, 9.17) is 0 Å². The number of aromatic nitrogens is 5. The van der Waals surface area contributed by atoms with Crippen LogP contribution in [0.2, 0.25) is 0 Å². The number of nitrogens with zero attached hydrogens (tertiary/aromatic N) is 4. The van der Waals surface area contributed by atoms with Crippen molar-refractivity contribution in [3.63, 3.8) is 0 Å². The number of hydrogen-bond donors (Lipinski definition) is 2. The molecule has 9 heteroatoms. The summed E-state index contributed by atoms with van der Waals surface area (Å²) in [5, 5.41) is 19.9. The molecule has 2 heterocycles. The highest BCUT2D eigenvalue weighted by Crippen LogP contribution is 2.19. The van der Waals surface area contributed by atoms with E-state index in [2.05, 4.69) is 51.5 Å². The summed E-state index contributed by atoms with van der Waals surface area (Å²) in [4.78, 5) is 16.3. The van der Waals surface area contributed by atoms with Crippen molar-refractivity contribution >= 4 is 34.1 Å². The number of aromatic amines is 1. The van der Waals surface area contributed by atoms with Crippen LogP contribution in [0.15, 0.2) is 5.16 Å². The first-order valence-corrected chi connectivity index (χ1v) is 9.53. The minimum Gasteiger partial charge on any atom is -0.300 e. The highest BCUT2D eigenvalue weighted by atomic mass is 32.2. The summed E-state index contributed by atoms with van der Waals surface area (Å²) in [5.74, 6) is 1.53. The Kier molecular flexibility index (Phi) is 6.97. The first kappa shape index (κ1) is 17.9. The zero-order chi connectivity index (χ0) is 16.7. The topological polar surface area (TPSA) is 96.5 Å². The zero-order valence-corrected chi connectivity index (χ0v) is 15.3. The van der Waals surface area contributed by atoms with Gasteiger partial charge in [-0.2, -0.15) is 0 Å². The lowest BCUT2D eigenvalue weighted by molar-refractivity contribution is -0.113. The normalized spacial score (nSPS) is 11.1. The van der Waals surface area contributed by atoms with E-state index in [-0.39, 0.29) is 11.7 Å². The predicted octanol–water partition coefficient (Wildman–Crippen LogP) is 2.93. The third-order valence-corrected chi connectivity index (χ3v) is 4.62. The second kappa shape index (κ2) is 8.97. The van der Waals surface area contributed by atoms with Crippen LogP contribution in [-0.4, -0.2) is 37.0 Å². The van der Waals surface area contributed by atoms with Crippen LogP contribution in [0.25, 0.3) is 0 Å². The van der Waals surface area contributed by atoms with E-state index in [9.17, 15) is 4.79 Å². The second-order valence-electron chi connectivity index (χ2n) is 5.60. The van der Waals surface area contributed by atoms with Gasteiger partial charge in [0.25, 0.3) is 0 Å². The molecule has 0 aliphatic heterocycles. The summed E-state index contributed by atoms with van der Waals surface area (Å²) in [5.41, 5.74) is 0. The average Bonchev–Trinajstić information content (AvgIpc) is 3.12. The molecule has 0 unspecified atom stereocenters. The Morgan fingerprint density at radius 2 is 2.22 bits per heavy atom. The molecule has 2 N–H and O–H groups in total. The van der Waals surface area contributed by atoms with Crippen LogP contribution < -0.4 is 5.32 Å². The predicted molar refractivity (Wildman–Crippen MR) is 92.8 cm³/mol. The summed E-state index contributed by atoms with van der Waals surface area (Å²) < 4.78 is 0. The number of amides is 1. The molecule has 0 radical (unpaired) electrons. The molecule has 126 valence electrons. The number of unbranched alkanes of at least 4 members (excludes halogenated alkanes) is 1. The minimum atomic E-state index is -0.123. The number of anilines is 1. The summed E-state index contributed by atoms with van der Waals surface area (Å²) in [7, 11) is 0. The Bertz CT molecular complexity index is 624. The van der Waals surface area contributed by atoms with E-state index in [1.165, 1.54) is 23.1 Å². The van der Waals surface area contributed by atoms with Gasteiger partial charge in [0.05, 0.1) is 5.75 Å². The molecular weight excluding hydrogens is 332 g/mol. The molecule has 0 spiro atoms. The standard InChI is InChI=1S/C14H22N6OS2/c1-4-5-6-10-15-13(19-17-10)22-8-11(21)16-14-20-18-12(23-14)7-9(2)3/h9H,4-8H2,1-3H3,(H,15,17,19)(H,16,20,21). The molecule has 0 aromatic carbocycles. The van der Waals surface area contributed by atoms with Crippen LogP contribution in [-0.2, 0) is 17.6 Å². The number of aryl methyl sites for hydroxylation is 1. The highest BCUT2D eigenvalue weighted by molar-refractivity contribution is 7.99. The Morgan fingerprint density at radius 3 is 2.96 bits per heavy atom. The van der Waals surface area contributed by atoms with Crippen LogP contribution in [0.5, 0.6) is 0 Å². The zero-order valence-electron chi connectivity index (χ0n) is 13.6. The summed E-state index contributed by atoms with van der Waals surface area (Å²) >= 11 is 2.73. The van der Waals surface area contributed by atoms with Crippen molar-refractivity contribution in [2.45, 2.75) is 51.6 Å². The van der Waals surface area contributed by atoms with Gasteiger partial charge < -0.3 is 0 Å². The van der Waals surface area contributed by atoms with Gasteiger partial charge in [0.2, 0.25) is 16.2 Å². The van der Waals surface area contributed by atoms with Crippen molar-refractivity contribution in [3.05, 3.63) is 10.8 Å². The summed E-state index contributed by atoms with van der Waals surface area (Å²) in [6.07, 6.45) is 3.96. The number of rotatable bonds is 9. The van der Waals surface area contributed by atoms with Crippen molar-refractivity contribution in [3.8, 4) is 0 Å². The van der Waals surface area contributed by atoms with Gasteiger partial charge >= 0.3 is 0 Å². The van der Waals surface area contributed by atoms with E-state index < -0.39 is 0 Å². The Labute approximate surface area is 144 Å². The quantitative estimate of drug-likeness (QED) is 0.672. The number of hydrogen-bond acceptors (Lipinski definition) is 7. The molecule has 2 rings (SSSR count). The second-order valence-corrected chi connectivity index (χ2v) is 7.61. The van der Waals surface area contributed by atoms with Crippen molar-refractivity contribution in [2.24, 2.45) is 5.92 Å². The van der Waals surface area contributed by atoms with Crippen LogP contribution in [0, 0.1) is 5.92 Å². The average molecular weight is 355 g/mol. The Morgan fingerprint density at radius 1 is 1.39 bits per heavy atom. The van der Waals surface area contributed by atoms with Gasteiger partial charge in [0.15, 0.2) is 0 Å². The number of carbonyl (C=O) groups excluding carboxylic acids is 1. The number of H-pyrrole nitrogens is 1. The van der Waals surface area contributed by atoms with Crippen LogP contribution in [0.4, 0.5) is 5.13 Å². The monoisotopic (exact) mass is 354 g/mol. The number of carbonyl (C=O) groups is 1. The molecule has 2 aromatic heterocycles. The molecular formula is C14H22N6OS2. The molecule has 2 aromatic rings. The van der Waals surface area contributed by atoms with Crippen LogP contribution in [0.1, 0.15) is 44.4 Å². The van der Waals surface area contributed by atoms with E-state index in [1.54, 1.807) is 0 Å². The first-order chi connectivity index (χ1) is 11.1. The maximum absolute atomic E-state index is 11.9. The maximum Gasteiger partial charge on any atom is 0.236 e. The summed E-state index contributed by atoms with van der Waals surface area (Å²) in [6, 6.07) is 0. The third-order valence-electron chi connectivity index (χ3n) is 2.91. The lowest BCUT2D eigenvalue weighted by Crippen LogP contribution is -2.13. The van der Waals surface area contributed by atoms with Crippen molar-refractivity contribution in [1.29, 1.82) is 0 Å². The molecule has 23 heavy (non-hydrogen) atoms. The van der Waals surface area contributed by atoms with Crippen LogP contribution >= 0.6 is 23.1 Å². The van der Waals surface area contributed by atoms with Crippen LogP contribution in [0.3, 0.4) is 0 Å². The molecule has 0 fully saturated rings. The Balaban J connectivity index is 1.76. The largest absolute Gasteiger partial charge is 0.300 e. The van der Waals surface area contributed by atoms with Gasteiger partial charge in [0, 0.05) is 12.8 Å². The lowest BCUT2D eigenvalue weighted by atomic mass is 10.1. The molecule has 0 atom stereocenters. The maximum atomic E-state index is 11.9. The lowest BCUT2D eigenvalue weighted by Gasteiger charge is -1.99. The molecule has 0 aliphatic rings. The fourth-order valence-corrected chi connectivity index (χ4v) is 3.40. The highest BCUT2D eigenvalue weighted by Gasteiger charge is 2.11. The molecule has 0 saturated carbocycles. The van der Waals surface area contributed by atoms with Gasteiger partial charge in [0.1, 0.15) is 10.8 Å².